The maximum Gasteiger partial charge on any atom is 0.262 e. The number of nitrogens with zero attached hydrogens (tertiary/aromatic N) is 1. The van der Waals surface area contributed by atoms with Crippen molar-refractivity contribution in [3.05, 3.63) is 102 Å². The van der Waals surface area contributed by atoms with Gasteiger partial charge in [0.2, 0.25) is 15.9 Å². The molecule has 1 aliphatic carbocycles. The number of sulfonamides is 1. The summed E-state index contributed by atoms with van der Waals surface area (Å²) in [4.78, 5) is 30.8. The fourth-order valence-corrected chi connectivity index (χ4v) is 6.63. The van der Waals surface area contributed by atoms with Crippen LogP contribution < -0.4 is 15.5 Å². The quantitative estimate of drug-likeness (QED) is 0.129. The minimum absolute atomic E-state index is 0.0904. The fraction of sp³-hybridized carbons (Fsp3) is 0.207. The maximum atomic E-state index is 13.8. The Bertz CT molecular complexity index is 1710. The second-order valence-electron chi connectivity index (χ2n) is 9.84. The number of hydroxylamine groups is 1. The molecule has 212 valence electrons. The van der Waals surface area contributed by atoms with Gasteiger partial charge >= 0.3 is 0 Å². The normalized spacial score (nSPS) is 17.9. The number of fused-ring (bicyclic) bond motifs is 2. The summed E-state index contributed by atoms with van der Waals surface area (Å²) in [6.45, 7) is 0. The van der Waals surface area contributed by atoms with Crippen LogP contribution in [0.25, 0.3) is 10.9 Å². The lowest BCUT2D eigenvalue weighted by Gasteiger charge is -2.28. The van der Waals surface area contributed by atoms with Gasteiger partial charge < -0.3 is 15.5 Å². The zero-order valence-corrected chi connectivity index (χ0v) is 22.5. The number of para-hydroxylation sites is 1. The van der Waals surface area contributed by atoms with E-state index in [0.29, 0.717) is 22.9 Å². The van der Waals surface area contributed by atoms with Crippen LogP contribution >= 0.6 is 0 Å². The first-order valence-electron chi connectivity index (χ1n) is 12.8. The van der Waals surface area contributed by atoms with Gasteiger partial charge in [-0.05, 0) is 47.4 Å². The van der Waals surface area contributed by atoms with Crippen LogP contribution in [0, 0.1) is 5.92 Å². The number of aromatic hydroxyl groups is 1. The third kappa shape index (κ3) is 5.91. The molecular weight excluding hydrogens is 548 g/mol. The van der Waals surface area contributed by atoms with Crippen molar-refractivity contribution in [2.45, 2.75) is 35.9 Å². The second-order valence-corrected chi connectivity index (χ2v) is 11.5. The van der Waals surface area contributed by atoms with Gasteiger partial charge in [0.15, 0.2) is 0 Å². The van der Waals surface area contributed by atoms with E-state index in [1.54, 1.807) is 42.5 Å². The monoisotopic (exact) mass is 576 g/mol. The molecule has 41 heavy (non-hydrogen) atoms. The summed E-state index contributed by atoms with van der Waals surface area (Å²) in [5, 5.41) is 33.6. The van der Waals surface area contributed by atoms with Gasteiger partial charge in [-0.2, -0.15) is 4.72 Å². The molecule has 0 fully saturated rings. The molecule has 0 saturated heterocycles. The topological polar surface area (TPSA) is 178 Å². The van der Waals surface area contributed by atoms with Crippen LogP contribution in [0.15, 0.2) is 90.0 Å². The van der Waals surface area contributed by atoms with Gasteiger partial charge in [0.05, 0.1) is 23.6 Å². The summed E-state index contributed by atoms with van der Waals surface area (Å²) < 4.78 is 29.6. The van der Waals surface area contributed by atoms with Crippen molar-refractivity contribution < 1.29 is 33.4 Å². The molecule has 5 rings (SSSR count). The Morgan fingerprint density at radius 2 is 1.73 bits per heavy atom. The molecule has 0 spiro atoms. The Morgan fingerprint density at radius 3 is 2.51 bits per heavy atom. The van der Waals surface area contributed by atoms with Crippen LogP contribution in [0.4, 0.5) is 0 Å². The van der Waals surface area contributed by atoms with Gasteiger partial charge in [-0.1, -0.05) is 54.6 Å². The molecule has 12 heteroatoms. The van der Waals surface area contributed by atoms with Crippen molar-refractivity contribution in [2.24, 2.45) is 5.92 Å². The van der Waals surface area contributed by atoms with E-state index in [9.17, 15) is 33.4 Å². The Labute approximate surface area is 235 Å². The highest BCUT2D eigenvalue weighted by molar-refractivity contribution is 7.89. The summed E-state index contributed by atoms with van der Waals surface area (Å²) >= 11 is 0. The first-order valence-corrected chi connectivity index (χ1v) is 14.3. The zero-order chi connectivity index (χ0) is 29.1. The molecule has 0 aliphatic heterocycles. The number of aliphatic hydroxyl groups is 1. The molecule has 11 nitrogen and oxygen atoms in total. The Balaban J connectivity index is 1.53. The molecule has 4 atom stereocenters. The summed E-state index contributed by atoms with van der Waals surface area (Å²) in [5.41, 5.74) is 3.61. The van der Waals surface area contributed by atoms with Gasteiger partial charge in [0.25, 0.3) is 5.91 Å². The van der Waals surface area contributed by atoms with E-state index in [-0.39, 0.29) is 22.6 Å². The van der Waals surface area contributed by atoms with Gasteiger partial charge in [0.1, 0.15) is 16.7 Å². The van der Waals surface area contributed by atoms with Crippen LogP contribution in [0.2, 0.25) is 0 Å². The van der Waals surface area contributed by atoms with Crippen molar-refractivity contribution in [3.8, 4) is 5.75 Å². The van der Waals surface area contributed by atoms with Crippen molar-refractivity contribution in [1.82, 2.24) is 20.5 Å². The van der Waals surface area contributed by atoms with Gasteiger partial charge in [-0.25, -0.2) is 13.9 Å². The highest BCUT2D eigenvalue weighted by Gasteiger charge is 2.40. The van der Waals surface area contributed by atoms with Crippen LogP contribution in [-0.2, 0) is 32.5 Å². The number of aromatic nitrogens is 1. The number of pyridine rings is 1. The number of rotatable bonds is 9. The molecule has 3 aromatic carbocycles. The largest absolute Gasteiger partial charge is 0.508 e. The molecule has 0 saturated carbocycles. The predicted molar refractivity (Wildman–Crippen MR) is 148 cm³/mol. The molecule has 4 aromatic rings. The average Bonchev–Trinajstić information content (AvgIpc) is 3.28. The van der Waals surface area contributed by atoms with Crippen molar-refractivity contribution in [2.75, 3.05) is 0 Å². The van der Waals surface area contributed by atoms with Crippen LogP contribution in [-0.4, -0.2) is 52.8 Å². The Morgan fingerprint density at radius 1 is 0.976 bits per heavy atom. The first-order chi connectivity index (χ1) is 19.7. The molecule has 0 radical (unpaired) electrons. The molecule has 1 aliphatic rings. The Hall–Kier alpha value is -4.36. The molecule has 2 amide bonds. The van der Waals surface area contributed by atoms with Crippen molar-refractivity contribution in [3.63, 3.8) is 0 Å². The van der Waals surface area contributed by atoms with Crippen molar-refractivity contribution >= 4 is 32.7 Å². The summed E-state index contributed by atoms with van der Waals surface area (Å²) in [7, 11) is -4.47. The number of hydrogen-bond acceptors (Lipinski definition) is 8. The summed E-state index contributed by atoms with van der Waals surface area (Å²) in [6.07, 6.45) is 0.599. The van der Waals surface area contributed by atoms with E-state index in [2.05, 4.69) is 15.0 Å². The van der Waals surface area contributed by atoms with E-state index in [4.69, 9.17) is 0 Å². The van der Waals surface area contributed by atoms with E-state index < -0.39 is 45.9 Å². The number of amides is 2. The number of phenols is 1. The lowest BCUT2D eigenvalue weighted by Crippen LogP contribution is -2.55. The van der Waals surface area contributed by atoms with Gasteiger partial charge in [-0.15, -0.1) is 0 Å². The molecule has 1 aromatic heterocycles. The smallest absolute Gasteiger partial charge is 0.262 e. The standard InChI is InChI=1S/C29H28N4O7S/c34-20-10-3-6-17(14-20)15-22(28(36)31-26-21-11-2-1-7-19(21)16-23(26)35)27(29(37)32-38)33-41(39,40)24-12-4-8-18-9-5-13-30-25(18)24/h1-14,22-23,26-27,33-35,38H,15-16H2,(H,31,36)(H,32,37)/t22-,23-,26+,27+/m1/s1. The van der Waals surface area contributed by atoms with Gasteiger partial charge in [-0.3, -0.25) is 19.8 Å². The molecular formula is C29H28N4O7S. The lowest BCUT2D eigenvalue weighted by atomic mass is 9.90. The van der Waals surface area contributed by atoms with Crippen LogP contribution in [0.3, 0.4) is 0 Å². The third-order valence-corrected chi connectivity index (χ3v) is 8.64. The number of benzene rings is 3. The summed E-state index contributed by atoms with van der Waals surface area (Å²) in [5.74, 6) is -3.43. The highest BCUT2D eigenvalue weighted by atomic mass is 32.2. The van der Waals surface area contributed by atoms with Crippen molar-refractivity contribution in [1.29, 1.82) is 0 Å². The van der Waals surface area contributed by atoms with E-state index in [1.165, 1.54) is 35.9 Å². The van der Waals surface area contributed by atoms with Gasteiger partial charge in [0, 0.05) is 18.0 Å². The van der Waals surface area contributed by atoms with E-state index >= 15 is 0 Å². The van der Waals surface area contributed by atoms with E-state index in [0.717, 1.165) is 5.56 Å². The number of hydrogen-bond donors (Lipinski definition) is 6. The van der Waals surface area contributed by atoms with Crippen LogP contribution in [0.5, 0.6) is 5.75 Å². The minimum Gasteiger partial charge on any atom is -0.508 e. The molecule has 6 N–H and O–H groups in total. The molecule has 1 heterocycles. The average molecular weight is 577 g/mol. The predicted octanol–water partition coefficient (Wildman–Crippen LogP) is 1.73. The maximum absolute atomic E-state index is 13.8. The third-order valence-electron chi connectivity index (χ3n) is 7.17. The lowest BCUT2D eigenvalue weighted by molar-refractivity contribution is -0.137. The number of carbonyl (C=O) groups excluding carboxylic acids is 2. The Kier molecular flexibility index (Phi) is 7.99. The molecule has 0 unspecified atom stereocenters. The second kappa shape index (κ2) is 11.6. The number of aliphatic hydroxyl groups excluding tert-OH is 1. The molecule has 0 bridgehead atoms. The number of nitrogens with one attached hydrogen (secondary N) is 3. The fourth-order valence-electron chi connectivity index (χ4n) is 5.22. The van der Waals surface area contributed by atoms with Crippen LogP contribution in [0.1, 0.15) is 22.7 Å². The minimum atomic E-state index is -4.47. The number of phenolic OH excluding ortho intramolecular Hbond substituents is 1. The summed E-state index contributed by atoms with van der Waals surface area (Å²) in [6, 6.07) is 18.4. The zero-order valence-electron chi connectivity index (χ0n) is 21.6. The highest BCUT2D eigenvalue weighted by Crippen LogP contribution is 2.32. The van der Waals surface area contributed by atoms with E-state index in [1.807, 2.05) is 12.1 Å². The SMILES string of the molecule is O=C(NO)[C@@H](NS(=O)(=O)c1cccc2cccnc12)[C@@H](Cc1cccc(O)c1)C(=O)N[C@H]1c2ccccc2C[C@H]1O. The first kappa shape index (κ1) is 28.2. The number of carbonyl (C=O) groups is 2.